The van der Waals surface area contributed by atoms with Crippen molar-refractivity contribution in [2.24, 2.45) is 4.99 Å². The minimum Gasteiger partial charge on any atom is -0.356 e. The van der Waals surface area contributed by atoms with Gasteiger partial charge in [0, 0.05) is 45.1 Å². The van der Waals surface area contributed by atoms with E-state index < -0.39 is 0 Å². The summed E-state index contributed by atoms with van der Waals surface area (Å²) < 4.78 is 1.87. The Morgan fingerprint density at radius 2 is 1.97 bits per heavy atom. The highest BCUT2D eigenvalue weighted by Gasteiger charge is 2.17. The molecule has 0 saturated carbocycles. The summed E-state index contributed by atoms with van der Waals surface area (Å²) in [5, 5.41) is 11.1. The molecule has 2 aromatic rings. The first kappa shape index (κ1) is 23.7. The fourth-order valence-electron chi connectivity index (χ4n) is 3.76. The van der Waals surface area contributed by atoms with E-state index >= 15 is 0 Å². The number of rotatable bonds is 8. The summed E-state index contributed by atoms with van der Waals surface area (Å²) in [6, 6.07) is 11.2. The van der Waals surface area contributed by atoms with Gasteiger partial charge in [-0.2, -0.15) is 5.10 Å². The zero-order valence-corrected chi connectivity index (χ0v) is 20.0. The van der Waals surface area contributed by atoms with Crippen molar-refractivity contribution >= 4 is 29.9 Å². The Bertz CT molecular complexity index is 713. The van der Waals surface area contributed by atoms with Gasteiger partial charge in [-0.15, -0.1) is 24.0 Å². The average Bonchev–Trinajstić information content (AvgIpc) is 3.26. The monoisotopic (exact) mass is 510 g/mol. The number of piperidine rings is 1. The van der Waals surface area contributed by atoms with Crippen LogP contribution in [-0.2, 0) is 6.42 Å². The maximum absolute atomic E-state index is 4.34. The molecule has 1 unspecified atom stereocenters. The van der Waals surface area contributed by atoms with Crippen molar-refractivity contribution in [3.05, 3.63) is 48.3 Å². The van der Waals surface area contributed by atoms with E-state index in [1.165, 1.54) is 37.9 Å². The Hall–Kier alpha value is -1.61. The minimum absolute atomic E-state index is 0. The van der Waals surface area contributed by atoms with Crippen molar-refractivity contribution in [2.45, 2.75) is 45.1 Å². The van der Waals surface area contributed by atoms with Crippen molar-refractivity contribution in [2.75, 3.05) is 33.2 Å². The van der Waals surface area contributed by atoms with Crippen LogP contribution in [0.1, 0.15) is 38.2 Å². The van der Waals surface area contributed by atoms with Gasteiger partial charge in [-0.05, 0) is 62.9 Å². The van der Waals surface area contributed by atoms with E-state index in [9.17, 15) is 0 Å². The molecule has 1 aromatic heterocycles. The predicted octanol–water partition coefficient (Wildman–Crippen LogP) is 3.46. The van der Waals surface area contributed by atoms with E-state index in [0.29, 0.717) is 0 Å². The van der Waals surface area contributed by atoms with Crippen molar-refractivity contribution in [3.8, 4) is 5.69 Å². The smallest absolute Gasteiger partial charge is 0.190 e. The number of hydrogen-bond donors (Lipinski definition) is 2. The third kappa shape index (κ3) is 7.62. The first-order valence-corrected chi connectivity index (χ1v) is 10.5. The molecule has 3 rings (SSSR count). The van der Waals surface area contributed by atoms with Gasteiger partial charge in [0.2, 0.25) is 0 Å². The number of nitrogens with zero attached hydrogens (tertiary/aromatic N) is 4. The van der Waals surface area contributed by atoms with Gasteiger partial charge in [-0.25, -0.2) is 4.68 Å². The number of aromatic nitrogens is 2. The molecule has 7 heteroatoms. The molecular weight excluding hydrogens is 475 g/mol. The van der Waals surface area contributed by atoms with Crippen LogP contribution >= 0.6 is 24.0 Å². The minimum atomic E-state index is 0. The molecule has 0 radical (unpaired) electrons. The molecule has 29 heavy (non-hydrogen) atoms. The van der Waals surface area contributed by atoms with Crippen LogP contribution in [0, 0.1) is 0 Å². The predicted molar refractivity (Wildman–Crippen MR) is 132 cm³/mol. The number of hydrogen-bond acceptors (Lipinski definition) is 3. The third-order valence-electron chi connectivity index (χ3n) is 5.49. The summed E-state index contributed by atoms with van der Waals surface area (Å²) in [5.74, 6) is 0.889. The van der Waals surface area contributed by atoms with Crippen molar-refractivity contribution < 1.29 is 0 Å². The number of likely N-dealkylation sites (tertiary alicyclic amines) is 1. The Kier molecular flexibility index (Phi) is 10.5. The Morgan fingerprint density at radius 1 is 1.17 bits per heavy atom. The first-order valence-electron chi connectivity index (χ1n) is 10.5. The highest BCUT2D eigenvalue weighted by Crippen LogP contribution is 2.16. The molecule has 1 saturated heterocycles. The van der Waals surface area contributed by atoms with Crippen LogP contribution in [0.25, 0.3) is 5.69 Å². The lowest BCUT2D eigenvalue weighted by atomic mass is 10.0. The van der Waals surface area contributed by atoms with Gasteiger partial charge < -0.3 is 15.5 Å². The molecule has 0 aliphatic carbocycles. The normalized spacial score (nSPS) is 17.6. The topological polar surface area (TPSA) is 57.5 Å². The summed E-state index contributed by atoms with van der Waals surface area (Å²) in [7, 11) is 1.83. The number of halogens is 1. The molecule has 2 heterocycles. The van der Waals surface area contributed by atoms with Crippen LogP contribution in [0.5, 0.6) is 0 Å². The van der Waals surface area contributed by atoms with E-state index in [1.54, 1.807) is 6.20 Å². The molecule has 160 valence electrons. The standard InChI is InChI=1S/C22H34N6.HI/c1-19-7-3-4-16-27(19)17-5-13-24-22(23-2)25-15-12-20-8-10-21(11-9-20)28-18-6-14-26-28;/h6,8-11,14,18-19H,3-5,7,12-13,15-17H2,1-2H3,(H2,23,24,25);1H. The zero-order chi connectivity index (χ0) is 19.6. The van der Waals surface area contributed by atoms with Crippen molar-refractivity contribution in [1.82, 2.24) is 25.3 Å². The quantitative estimate of drug-likeness (QED) is 0.247. The second-order valence-corrected chi connectivity index (χ2v) is 7.53. The van der Waals surface area contributed by atoms with Gasteiger partial charge in [-0.1, -0.05) is 18.6 Å². The van der Waals surface area contributed by atoms with Crippen LogP contribution in [0.3, 0.4) is 0 Å². The van der Waals surface area contributed by atoms with Crippen LogP contribution in [0.15, 0.2) is 47.7 Å². The van der Waals surface area contributed by atoms with E-state index in [2.05, 4.69) is 56.8 Å². The summed E-state index contributed by atoms with van der Waals surface area (Å²) in [6.45, 7) is 6.61. The lowest BCUT2D eigenvalue weighted by Gasteiger charge is -2.33. The maximum atomic E-state index is 4.34. The second-order valence-electron chi connectivity index (χ2n) is 7.53. The Labute approximate surface area is 192 Å². The lowest BCUT2D eigenvalue weighted by molar-refractivity contribution is 0.159. The lowest BCUT2D eigenvalue weighted by Crippen LogP contribution is -2.41. The number of aliphatic imine (C=N–C) groups is 1. The average molecular weight is 510 g/mol. The Balaban J connectivity index is 0.00000300. The van der Waals surface area contributed by atoms with Crippen LogP contribution in [0.2, 0.25) is 0 Å². The fraction of sp³-hybridized carbons (Fsp3) is 0.545. The summed E-state index contributed by atoms with van der Waals surface area (Å²) in [4.78, 5) is 6.95. The number of benzene rings is 1. The molecule has 1 atom stereocenters. The van der Waals surface area contributed by atoms with Gasteiger partial charge in [0.05, 0.1) is 5.69 Å². The Morgan fingerprint density at radius 3 is 2.66 bits per heavy atom. The van der Waals surface area contributed by atoms with Crippen LogP contribution in [0.4, 0.5) is 0 Å². The molecule has 6 nitrogen and oxygen atoms in total. The third-order valence-corrected chi connectivity index (χ3v) is 5.49. The molecule has 0 amide bonds. The van der Waals surface area contributed by atoms with Gasteiger partial charge in [-0.3, -0.25) is 4.99 Å². The van der Waals surface area contributed by atoms with Gasteiger partial charge in [0.15, 0.2) is 5.96 Å². The van der Waals surface area contributed by atoms with E-state index in [1.807, 2.05) is 24.0 Å². The van der Waals surface area contributed by atoms with Gasteiger partial charge in [0.25, 0.3) is 0 Å². The van der Waals surface area contributed by atoms with E-state index in [0.717, 1.165) is 43.6 Å². The van der Waals surface area contributed by atoms with E-state index in [4.69, 9.17) is 0 Å². The summed E-state index contributed by atoms with van der Waals surface area (Å²) in [6.07, 6.45) is 9.95. The zero-order valence-electron chi connectivity index (χ0n) is 17.7. The fourth-order valence-corrected chi connectivity index (χ4v) is 3.76. The van der Waals surface area contributed by atoms with Gasteiger partial charge in [0.1, 0.15) is 0 Å². The number of guanidine groups is 1. The molecule has 0 spiro atoms. The van der Waals surface area contributed by atoms with Crippen molar-refractivity contribution in [3.63, 3.8) is 0 Å². The number of nitrogens with one attached hydrogen (secondary N) is 2. The molecule has 1 aliphatic heterocycles. The first-order chi connectivity index (χ1) is 13.8. The molecule has 1 aromatic carbocycles. The molecule has 1 fully saturated rings. The van der Waals surface area contributed by atoms with Crippen LogP contribution < -0.4 is 10.6 Å². The largest absolute Gasteiger partial charge is 0.356 e. The van der Waals surface area contributed by atoms with Crippen molar-refractivity contribution in [1.29, 1.82) is 0 Å². The molecule has 0 bridgehead atoms. The van der Waals surface area contributed by atoms with Gasteiger partial charge >= 0.3 is 0 Å². The molecule has 2 N–H and O–H groups in total. The second kappa shape index (κ2) is 12.8. The molecule has 1 aliphatic rings. The highest BCUT2D eigenvalue weighted by molar-refractivity contribution is 14.0. The SMILES string of the molecule is CN=C(NCCCN1CCCCC1C)NCCc1ccc(-n2cccn2)cc1.I. The maximum Gasteiger partial charge on any atom is 0.190 e. The highest BCUT2D eigenvalue weighted by atomic mass is 127. The van der Waals surface area contributed by atoms with Crippen LogP contribution in [-0.4, -0.2) is 59.9 Å². The summed E-state index contributed by atoms with van der Waals surface area (Å²) >= 11 is 0. The van der Waals surface area contributed by atoms with E-state index in [-0.39, 0.29) is 24.0 Å². The molecular formula is C22H35IN6. The summed E-state index contributed by atoms with van der Waals surface area (Å²) in [5.41, 5.74) is 2.39.